The number of thiazole rings is 1. The molecule has 5 aromatic rings. The van der Waals surface area contributed by atoms with Crippen LogP contribution in [0.25, 0.3) is 21.8 Å². The number of hydrogen-bond donors (Lipinski definition) is 1. The van der Waals surface area contributed by atoms with E-state index in [0.29, 0.717) is 27.5 Å². The molecule has 0 aliphatic carbocycles. The van der Waals surface area contributed by atoms with Gasteiger partial charge in [-0.1, -0.05) is 87.5 Å². The number of fused-ring (bicyclic) bond motifs is 1. The number of hydrogen-bond acceptors (Lipinski definition) is 7. The molecule has 4 aromatic carbocycles. The van der Waals surface area contributed by atoms with Crippen LogP contribution in [0.4, 0.5) is 23.7 Å². The minimum Gasteiger partial charge on any atom is -0.443 e. The first-order chi connectivity index (χ1) is 27.1. The highest BCUT2D eigenvalue weighted by molar-refractivity contribution is 7.92. The van der Waals surface area contributed by atoms with E-state index in [0.717, 1.165) is 36.1 Å². The molecule has 0 radical (unpaired) electrons. The fraction of sp³-hybridized carbons (Fsp3) is 0.364. The SMILES string of the molecule is CC1(C)OC(=O)N2[C@H](CC[C@@H]2[C@H](O[Si](C)(C)C(C)(C)C)c2ccccc2)C1c1ccc(NS(=O)(=O)c2ccc(-c3nc(-c4ccc(C(F)(F)F)cc4)cs3)cc2)cc1. The zero-order valence-electron chi connectivity index (χ0n) is 33.5. The van der Waals surface area contributed by atoms with Gasteiger partial charge in [-0.15, -0.1) is 11.3 Å². The molecule has 2 fully saturated rings. The maximum Gasteiger partial charge on any atom is 0.416 e. The number of halogens is 3. The summed E-state index contributed by atoms with van der Waals surface area (Å²) >= 11 is 1.31. The summed E-state index contributed by atoms with van der Waals surface area (Å²) in [5.41, 5.74) is 2.54. The molecule has 2 aliphatic rings. The summed E-state index contributed by atoms with van der Waals surface area (Å²) in [7, 11) is -6.22. The normalized spacial score (nSPS) is 20.3. The number of anilines is 1. The van der Waals surface area contributed by atoms with Crippen LogP contribution >= 0.6 is 11.3 Å². The standard InChI is InChI=1S/C44H48F3N3O5S2Si/c1-42(2,3)58(6,7)55-39(30-11-9-8-10-12-30)37-26-25-36-38(43(4,5)54-41(51)50(36)37)29-15-21-33(22-16-29)49-57(52,53)34-23-17-31(18-24-34)40-48-35(27-56-40)28-13-19-32(20-14-28)44(45,46)47/h8-24,27,36-39,49H,25-26H2,1-7H3/t36-,37-,38?,39-/m1/s1. The van der Waals surface area contributed by atoms with Gasteiger partial charge in [0.25, 0.3) is 10.0 Å². The van der Waals surface area contributed by atoms with Gasteiger partial charge in [0.1, 0.15) is 10.6 Å². The van der Waals surface area contributed by atoms with E-state index in [1.807, 2.05) is 49.1 Å². The molecule has 0 saturated carbocycles. The van der Waals surface area contributed by atoms with Crippen LogP contribution in [0.2, 0.25) is 18.1 Å². The minimum atomic E-state index is -4.42. The molecule has 1 aromatic heterocycles. The predicted molar refractivity (Wildman–Crippen MR) is 225 cm³/mol. The second-order valence-electron chi connectivity index (χ2n) is 17.1. The Balaban J connectivity index is 1.07. The summed E-state index contributed by atoms with van der Waals surface area (Å²) in [6.07, 6.45) is -3.58. The first-order valence-corrected chi connectivity index (χ1v) is 24.5. The van der Waals surface area contributed by atoms with Crippen LogP contribution < -0.4 is 4.72 Å². The minimum absolute atomic E-state index is 0.0347. The molecule has 7 rings (SSSR count). The highest BCUT2D eigenvalue weighted by atomic mass is 32.2. The van der Waals surface area contributed by atoms with Crippen molar-refractivity contribution >= 4 is 41.5 Å². The zero-order valence-corrected chi connectivity index (χ0v) is 36.1. The average molecular weight is 848 g/mol. The lowest BCUT2D eigenvalue weighted by Crippen LogP contribution is -2.58. The Morgan fingerprint density at radius 3 is 2.12 bits per heavy atom. The number of carbonyl (C=O) groups is 1. The number of amides is 1. The second kappa shape index (κ2) is 15.3. The van der Waals surface area contributed by atoms with Gasteiger partial charge in [0.15, 0.2) is 8.32 Å². The predicted octanol–water partition coefficient (Wildman–Crippen LogP) is 11.9. The van der Waals surface area contributed by atoms with Crippen LogP contribution in [0.1, 0.15) is 76.2 Å². The van der Waals surface area contributed by atoms with Crippen molar-refractivity contribution < 1.29 is 35.5 Å². The zero-order chi connectivity index (χ0) is 41.8. The third kappa shape index (κ3) is 8.34. The Labute approximate surface area is 343 Å². The van der Waals surface area contributed by atoms with Gasteiger partial charge in [0.2, 0.25) is 0 Å². The first kappa shape index (κ1) is 41.6. The summed E-state index contributed by atoms with van der Waals surface area (Å²) in [6.45, 7) is 15.0. The van der Waals surface area contributed by atoms with Gasteiger partial charge < -0.3 is 9.16 Å². The van der Waals surface area contributed by atoms with Gasteiger partial charge in [0, 0.05) is 34.2 Å². The fourth-order valence-corrected chi connectivity index (χ4v) is 11.0. The van der Waals surface area contributed by atoms with E-state index in [1.165, 1.54) is 35.6 Å². The fourth-order valence-electron chi connectivity index (χ4n) is 7.81. The topological polar surface area (TPSA) is 97.8 Å². The smallest absolute Gasteiger partial charge is 0.416 e. The van der Waals surface area contributed by atoms with Crippen molar-refractivity contribution in [1.82, 2.24) is 9.88 Å². The maximum atomic E-state index is 13.9. The van der Waals surface area contributed by atoms with Crippen molar-refractivity contribution in [3.8, 4) is 21.8 Å². The van der Waals surface area contributed by atoms with Crippen LogP contribution in [0.15, 0.2) is 113 Å². The van der Waals surface area contributed by atoms with E-state index in [-0.39, 0.29) is 40.1 Å². The summed E-state index contributed by atoms with van der Waals surface area (Å²) in [5.74, 6) is -0.191. The van der Waals surface area contributed by atoms with Crippen LogP contribution in [-0.4, -0.2) is 50.4 Å². The van der Waals surface area contributed by atoms with E-state index >= 15 is 0 Å². The third-order valence-corrected chi connectivity index (χ3v) is 18.6. The van der Waals surface area contributed by atoms with Crippen LogP contribution in [0.5, 0.6) is 0 Å². The van der Waals surface area contributed by atoms with Crippen molar-refractivity contribution in [2.45, 2.75) is 106 Å². The van der Waals surface area contributed by atoms with Gasteiger partial charge in [-0.3, -0.25) is 9.62 Å². The Hall–Kier alpha value is -4.50. The molecule has 0 bridgehead atoms. The van der Waals surface area contributed by atoms with Gasteiger partial charge in [-0.25, -0.2) is 18.2 Å². The van der Waals surface area contributed by atoms with Gasteiger partial charge in [-0.2, -0.15) is 13.2 Å². The van der Waals surface area contributed by atoms with Gasteiger partial charge in [0.05, 0.1) is 28.3 Å². The lowest BCUT2D eigenvalue weighted by molar-refractivity contribution is -0.137. The number of benzene rings is 4. The Bertz CT molecular complexity index is 2360. The van der Waals surface area contributed by atoms with E-state index in [2.05, 4.69) is 55.7 Å². The number of sulfonamides is 1. The largest absolute Gasteiger partial charge is 0.443 e. The Morgan fingerprint density at radius 1 is 0.897 bits per heavy atom. The van der Waals surface area contributed by atoms with Gasteiger partial charge in [-0.05, 0) is 92.3 Å². The molecular formula is C44H48F3N3O5S2Si. The molecule has 0 spiro atoms. The van der Waals surface area contributed by atoms with E-state index in [1.54, 1.807) is 29.6 Å². The number of nitrogens with one attached hydrogen (secondary N) is 1. The monoisotopic (exact) mass is 847 g/mol. The van der Waals surface area contributed by atoms with Crippen molar-refractivity contribution in [1.29, 1.82) is 0 Å². The summed E-state index contributed by atoms with van der Waals surface area (Å²) in [6, 6.07) is 28.1. The first-order valence-electron chi connectivity index (χ1n) is 19.3. The van der Waals surface area contributed by atoms with Crippen molar-refractivity contribution in [3.63, 3.8) is 0 Å². The quantitative estimate of drug-likeness (QED) is 0.141. The summed E-state index contributed by atoms with van der Waals surface area (Å²) in [5, 5.41) is 2.32. The molecule has 306 valence electrons. The number of aromatic nitrogens is 1. The van der Waals surface area contributed by atoms with E-state index in [9.17, 15) is 26.4 Å². The molecule has 1 unspecified atom stereocenters. The molecule has 14 heteroatoms. The number of alkyl halides is 3. The summed E-state index contributed by atoms with van der Waals surface area (Å²) in [4.78, 5) is 20.4. The number of nitrogens with zero attached hydrogens (tertiary/aromatic N) is 2. The molecule has 2 aliphatic heterocycles. The second-order valence-corrected chi connectivity index (χ2v) is 24.4. The molecule has 4 atom stereocenters. The van der Waals surface area contributed by atoms with Crippen molar-refractivity contribution in [3.05, 3.63) is 125 Å². The lowest BCUT2D eigenvalue weighted by atomic mass is 9.77. The molecular weight excluding hydrogens is 800 g/mol. The molecule has 58 heavy (non-hydrogen) atoms. The van der Waals surface area contributed by atoms with E-state index < -0.39 is 35.7 Å². The highest BCUT2D eigenvalue weighted by Crippen LogP contribution is 2.51. The number of carbonyl (C=O) groups excluding carboxylic acids is 1. The van der Waals surface area contributed by atoms with Crippen molar-refractivity contribution in [2.24, 2.45) is 0 Å². The van der Waals surface area contributed by atoms with Crippen LogP contribution in [0.3, 0.4) is 0 Å². The third-order valence-electron chi connectivity index (χ3n) is 11.8. The molecule has 3 heterocycles. The molecule has 1 N–H and O–H groups in total. The maximum absolute atomic E-state index is 13.9. The molecule has 1 amide bonds. The number of ether oxygens (including phenoxy) is 1. The number of rotatable bonds is 10. The number of cyclic esters (lactones) is 1. The Kier molecular flexibility index (Phi) is 11.0. The van der Waals surface area contributed by atoms with Crippen LogP contribution in [0, 0.1) is 0 Å². The lowest BCUT2D eigenvalue weighted by Gasteiger charge is -2.49. The molecule has 2 saturated heterocycles. The van der Waals surface area contributed by atoms with Crippen molar-refractivity contribution in [2.75, 3.05) is 4.72 Å². The Morgan fingerprint density at radius 2 is 1.52 bits per heavy atom. The van der Waals surface area contributed by atoms with Gasteiger partial charge >= 0.3 is 12.3 Å². The average Bonchev–Trinajstić information content (AvgIpc) is 3.83. The molecule has 8 nitrogen and oxygen atoms in total. The summed E-state index contributed by atoms with van der Waals surface area (Å²) < 4.78 is 82.0. The highest BCUT2D eigenvalue weighted by Gasteiger charge is 2.56. The van der Waals surface area contributed by atoms with Crippen LogP contribution in [-0.2, 0) is 25.4 Å². The van der Waals surface area contributed by atoms with E-state index in [4.69, 9.17) is 9.16 Å².